The average molecular weight is 607 g/mol. The third-order valence-corrected chi connectivity index (χ3v) is 9.69. The molecule has 0 unspecified atom stereocenters. The molecule has 1 aliphatic heterocycles. The largest absolute Gasteiger partial charge is 0.293 e. The SMILES string of the molecule is O=C(Cc1cccc2ccccc12)N/N=C\C12c3ccccc3C(c3ccccc31)[C@@H]1C(=O)N(c3ccccc3[N+](=O)[O-])C(=O)[C@H]12. The standard InChI is InChI=1S/C37H26N4O5/c42-31(20-23-12-9-11-22-10-1-2-13-24(22)23)39-38-21-37-27-16-5-3-14-25(27)32(26-15-4-6-17-28(26)37)33-34(37)36(44)40(35(33)43)29-18-7-8-19-30(29)41(45)46/h1-19,21,32-34H,20H2,(H,39,42)/b38-21-/t32?,33-,34-,37?/m0/s1. The van der Waals surface area contributed by atoms with Crippen LogP contribution in [0.5, 0.6) is 0 Å². The van der Waals surface area contributed by atoms with Gasteiger partial charge in [0.05, 0.1) is 28.6 Å². The molecule has 3 aliphatic carbocycles. The summed E-state index contributed by atoms with van der Waals surface area (Å²) in [6.45, 7) is 0. The van der Waals surface area contributed by atoms with Gasteiger partial charge in [-0.25, -0.2) is 10.3 Å². The van der Waals surface area contributed by atoms with E-state index in [0.29, 0.717) is 0 Å². The molecule has 9 heteroatoms. The minimum atomic E-state index is -1.22. The second-order valence-corrected chi connectivity index (χ2v) is 11.9. The molecule has 0 aromatic heterocycles. The first-order chi connectivity index (χ1) is 22.4. The number of hydrogen-bond donors (Lipinski definition) is 1. The molecule has 0 saturated carbocycles. The zero-order valence-electron chi connectivity index (χ0n) is 24.4. The maximum Gasteiger partial charge on any atom is 0.293 e. The lowest BCUT2D eigenvalue weighted by Crippen LogP contribution is -2.54. The quantitative estimate of drug-likeness (QED) is 0.116. The molecule has 2 atom stereocenters. The van der Waals surface area contributed by atoms with E-state index in [2.05, 4.69) is 10.5 Å². The Kier molecular flexibility index (Phi) is 6.18. The van der Waals surface area contributed by atoms with Crippen LogP contribution in [0, 0.1) is 22.0 Å². The van der Waals surface area contributed by atoms with Crippen LogP contribution in [-0.4, -0.2) is 28.9 Å². The summed E-state index contributed by atoms with van der Waals surface area (Å²) in [5.74, 6) is -3.55. The minimum absolute atomic E-state index is 0.0557. The summed E-state index contributed by atoms with van der Waals surface area (Å²) in [4.78, 5) is 54.5. The third kappa shape index (κ3) is 3.81. The minimum Gasteiger partial charge on any atom is -0.274 e. The Balaban J connectivity index is 1.24. The molecular formula is C37H26N4O5. The van der Waals surface area contributed by atoms with E-state index in [1.807, 2.05) is 91.0 Å². The number of fused-ring (bicyclic) bond motifs is 1. The van der Waals surface area contributed by atoms with Crippen molar-refractivity contribution in [1.29, 1.82) is 0 Å². The molecule has 3 amide bonds. The fourth-order valence-corrected chi connectivity index (χ4v) is 7.96. The molecule has 5 aromatic rings. The van der Waals surface area contributed by atoms with Crippen molar-refractivity contribution in [2.24, 2.45) is 16.9 Å². The molecule has 0 radical (unpaired) electrons. The van der Waals surface area contributed by atoms with Gasteiger partial charge in [-0.05, 0) is 44.7 Å². The molecule has 1 N–H and O–H groups in total. The summed E-state index contributed by atoms with van der Waals surface area (Å²) in [5, 5.41) is 18.5. The van der Waals surface area contributed by atoms with E-state index < -0.39 is 39.9 Å². The molecule has 1 fully saturated rings. The van der Waals surface area contributed by atoms with Gasteiger partial charge in [-0.15, -0.1) is 0 Å². The van der Waals surface area contributed by atoms with Crippen LogP contribution in [0.4, 0.5) is 11.4 Å². The number of imide groups is 1. The van der Waals surface area contributed by atoms with Gasteiger partial charge in [0.1, 0.15) is 5.69 Å². The summed E-state index contributed by atoms with van der Waals surface area (Å²) < 4.78 is 0. The Morgan fingerprint density at radius 2 is 1.46 bits per heavy atom. The van der Waals surface area contributed by atoms with Crippen LogP contribution < -0.4 is 10.3 Å². The zero-order valence-corrected chi connectivity index (χ0v) is 24.4. The normalized spacial score (nSPS) is 22.5. The van der Waals surface area contributed by atoms with Crippen molar-refractivity contribution in [3.05, 3.63) is 153 Å². The van der Waals surface area contributed by atoms with Crippen molar-refractivity contribution in [2.45, 2.75) is 17.8 Å². The number of anilines is 1. The number of nitro benzene ring substituents is 1. The number of para-hydroxylation sites is 2. The number of hydrazone groups is 1. The van der Waals surface area contributed by atoms with E-state index in [1.165, 1.54) is 18.2 Å². The van der Waals surface area contributed by atoms with Crippen molar-refractivity contribution < 1.29 is 19.3 Å². The van der Waals surface area contributed by atoms with E-state index in [-0.39, 0.29) is 23.7 Å². The van der Waals surface area contributed by atoms with E-state index >= 15 is 0 Å². The fourth-order valence-electron chi connectivity index (χ4n) is 7.96. The maximum atomic E-state index is 14.5. The van der Waals surface area contributed by atoms with Crippen molar-refractivity contribution in [1.82, 2.24) is 5.43 Å². The molecule has 0 spiro atoms. The van der Waals surface area contributed by atoms with Gasteiger partial charge in [-0.1, -0.05) is 103 Å². The highest BCUT2D eigenvalue weighted by Gasteiger charge is 2.68. The maximum absolute atomic E-state index is 14.5. The fraction of sp³-hybridized carbons (Fsp3) is 0.135. The summed E-state index contributed by atoms with van der Waals surface area (Å²) in [7, 11) is 0. The number of nitro groups is 1. The molecule has 1 saturated heterocycles. The molecule has 9 rings (SSSR count). The monoisotopic (exact) mass is 606 g/mol. The first-order valence-electron chi connectivity index (χ1n) is 15.0. The summed E-state index contributed by atoms with van der Waals surface area (Å²) in [5.41, 5.74) is 5.36. The second-order valence-electron chi connectivity index (χ2n) is 11.9. The first kappa shape index (κ1) is 27.6. The molecular weight excluding hydrogens is 580 g/mol. The van der Waals surface area contributed by atoms with E-state index in [0.717, 1.165) is 43.5 Å². The Bertz CT molecular complexity index is 2100. The highest BCUT2D eigenvalue weighted by Crippen LogP contribution is 2.63. The number of carbonyl (C=O) groups excluding carboxylic acids is 3. The smallest absolute Gasteiger partial charge is 0.274 e. The van der Waals surface area contributed by atoms with Crippen LogP contribution in [0.1, 0.15) is 33.7 Å². The van der Waals surface area contributed by atoms with Gasteiger partial charge >= 0.3 is 0 Å². The Labute approximate surface area is 263 Å². The second kappa shape index (κ2) is 10.3. The lowest BCUT2D eigenvalue weighted by atomic mass is 9.47. The zero-order chi connectivity index (χ0) is 31.6. The van der Waals surface area contributed by atoms with Crippen LogP contribution in [0.15, 0.2) is 120 Å². The van der Waals surface area contributed by atoms with Gasteiger partial charge in [-0.3, -0.25) is 24.5 Å². The van der Waals surface area contributed by atoms with Crippen molar-refractivity contribution in [2.75, 3.05) is 4.90 Å². The topological polar surface area (TPSA) is 122 Å². The summed E-state index contributed by atoms with van der Waals surface area (Å²) in [6, 6.07) is 34.8. The predicted octanol–water partition coefficient (Wildman–Crippen LogP) is 5.64. The Morgan fingerprint density at radius 3 is 2.20 bits per heavy atom. The van der Waals surface area contributed by atoms with Gasteiger partial charge in [0.2, 0.25) is 17.7 Å². The predicted molar refractivity (Wildman–Crippen MR) is 172 cm³/mol. The molecule has 5 aromatic carbocycles. The molecule has 46 heavy (non-hydrogen) atoms. The Morgan fingerprint density at radius 1 is 0.826 bits per heavy atom. The number of carbonyl (C=O) groups is 3. The van der Waals surface area contributed by atoms with Crippen LogP contribution >= 0.6 is 0 Å². The molecule has 4 aliphatic rings. The van der Waals surface area contributed by atoms with Gasteiger partial charge in [0.15, 0.2) is 0 Å². The molecule has 9 nitrogen and oxygen atoms in total. The molecule has 224 valence electrons. The Hall–Kier alpha value is -5.96. The van der Waals surface area contributed by atoms with Crippen molar-refractivity contribution in [3.63, 3.8) is 0 Å². The number of nitrogens with one attached hydrogen (secondary N) is 1. The highest BCUT2D eigenvalue weighted by molar-refractivity contribution is 6.25. The van der Waals surface area contributed by atoms with Crippen LogP contribution in [-0.2, 0) is 26.2 Å². The van der Waals surface area contributed by atoms with E-state index in [9.17, 15) is 24.5 Å². The summed E-state index contributed by atoms with van der Waals surface area (Å²) >= 11 is 0. The van der Waals surface area contributed by atoms with Crippen LogP contribution in [0.25, 0.3) is 10.8 Å². The molecule has 2 bridgehead atoms. The number of amides is 3. The number of benzene rings is 5. The number of hydrogen-bond acceptors (Lipinski definition) is 6. The number of nitrogens with zero attached hydrogens (tertiary/aromatic N) is 3. The highest BCUT2D eigenvalue weighted by atomic mass is 16.6. The van der Waals surface area contributed by atoms with E-state index in [1.54, 1.807) is 12.3 Å². The van der Waals surface area contributed by atoms with Crippen molar-refractivity contribution >= 4 is 46.1 Å². The van der Waals surface area contributed by atoms with Gasteiger partial charge < -0.3 is 0 Å². The third-order valence-electron chi connectivity index (χ3n) is 9.69. The van der Waals surface area contributed by atoms with Gasteiger partial charge in [-0.2, -0.15) is 5.10 Å². The van der Waals surface area contributed by atoms with E-state index in [4.69, 9.17) is 0 Å². The first-order valence-corrected chi connectivity index (χ1v) is 15.0. The average Bonchev–Trinajstić information content (AvgIpc) is 3.35. The summed E-state index contributed by atoms with van der Waals surface area (Å²) in [6.07, 6.45) is 1.68. The number of rotatable bonds is 6. The van der Waals surface area contributed by atoms with Crippen LogP contribution in [0.3, 0.4) is 0 Å². The molecule has 1 heterocycles. The van der Waals surface area contributed by atoms with Crippen LogP contribution in [0.2, 0.25) is 0 Å². The van der Waals surface area contributed by atoms with Crippen molar-refractivity contribution in [3.8, 4) is 0 Å². The van der Waals surface area contributed by atoms with Gasteiger partial charge in [0, 0.05) is 18.2 Å². The lowest BCUT2D eigenvalue weighted by molar-refractivity contribution is -0.384. The van der Waals surface area contributed by atoms with Gasteiger partial charge in [0.25, 0.3) is 5.69 Å². The lowest BCUT2D eigenvalue weighted by Gasteiger charge is -2.52.